The van der Waals surface area contributed by atoms with E-state index in [-0.39, 0.29) is 25.6 Å². The van der Waals surface area contributed by atoms with Crippen LogP contribution in [-0.4, -0.2) is 142 Å². The summed E-state index contributed by atoms with van der Waals surface area (Å²) in [6.45, 7) is 3.64. The summed E-state index contributed by atoms with van der Waals surface area (Å²) in [4.78, 5) is 13.1. The minimum Gasteiger partial charge on any atom is -0.457 e. The molecule has 75 heavy (non-hydrogen) atoms. The lowest BCUT2D eigenvalue weighted by Gasteiger charge is -2.42. The third-order valence-electron chi connectivity index (χ3n) is 14.0. The van der Waals surface area contributed by atoms with E-state index in [1.54, 1.807) is 0 Å². The molecule has 2 aliphatic heterocycles. The van der Waals surface area contributed by atoms with Crippen LogP contribution in [0.25, 0.3) is 0 Å². The molecular weight excluding hydrogens is 957 g/mol. The van der Waals surface area contributed by atoms with Gasteiger partial charge < -0.3 is 64.2 Å². The maximum atomic E-state index is 13.1. The van der Waals surface area contributed by atoms with E-state index < -0.39 is 80.7 Å². The van der Waals surface area contributed by atoms with Gasteiger partial charge in [-0.15, -0.1) is 0 Å². The van der Waals surface area contributed by atoms with Crippen molar-refractivity contribution in [2.24, 2.45) is 0 Å². The van der Waals surface area contributed by atoms with Gasteiger partial charge in [-0.2, -0.15) is 0 Å². The zero-order valence-corrected chi connectivity index (χ0v) is 46.8. The first kappa shape index (κ1) is 68.8. The second-order valence-electron chi connectivity index (χ2n) is 20.8. The van der Waals surface area contributed by atoms with Gasteiger partial charge in [0.15, 0.2) is 12.6 Å². The number of carbonyl (C=O) groups excluding carboxylic acids is 1. The topological polar surface area (TPSA) is 214 Å². The van der Waals surface area contributed by atoms with Gasteiger partial charge in [-0.1, -0.05) is 190 Å². The fraction of sp³-hybridized carbons (Fsp3) is 0.820. The fourth-order valence-corrected chi connectivity index (χ4v) is 9.15. The molecule has 2 heterocycles. The third-order valence-corrected chi connectivity index (χ3v) is 14.0. The first-order chi connectivity index (χ1) is 36.6. The highest BCUT2D eigenvalue weighted by Gasteiger charge is 2.47. The van der Waals surface area contributed by atoms with Gasteiger partial charge in [-0.25, -0.2) is 0 Å². The first-order valence-corrected chi connectivity index (χ1v) is 29.9. The number of hydrogen-bond donors (Lipinski definition) is 7. The minimum absolute atomic E-state index is 0.0514. The Balaban J connectivity index is 1.72. The van der Waals surface area contributed by atoms with E-state index in [1.807, 2.05) is 0 Å². The zero-order valence-electron chi connectivity index (χ0n) is 46.8. The average molecular weight is 1070 g/mol. The molecule has 14 nitrogen and oxygen atoms in total. The lowest BCUT2D eigenvalue weighted by molar-refractivity contribution is -0.332. The SMILES string of the molecule is CCCCC/C=C\C/C=C\C/C=C\CCCCCCCCCOCC(COC1OC(COC2OC(CO)C(O)C(O)C2O)C(O)C(O)C1O)OC(=O)CCCCCCCCCCC/C=C\C/C=C\CCCCCCC. The number of carbonyl (C=O) groups is 1. The standard InChI is InChI=1S/C61H108O14/c1-3-5-7-9-11-13-15-17-19-21-23-25-26-28-30-32-34-36-38-40-42-44-53(63)73-50(47-70-45-43-41-39-37-35-33-31-29-27-24-22-20-18-16-14-12-10-8-6-4-2)48-71-60-59(69)57(67)55(65)52(75-60)49-72-61-58(68)56(66)54(64)51(46-62)74-61/h12,14-15,17-18,20-21,23-24,27,50-52,54-62,64-69H,3-11,13,16,19,22,25-26,28-49H2,1-2H3/b14-12-,17-15-,20-18-,23-21-,27-24-. The van der Waals surface area contributed by atoms with Crippen LogP contribution in [0.2, 0.25) is 0 Å². The molecule has 0 radical (unpaired) electrons. The van der Waals surface area contributed by atoms with Crippen LogP contribution in [-0.2, 0) is 33.2 Å². The van der Waals surface area contributed by atoms with Crippen LogP contribution in [0.1, 0.15) is 219 Å². The monoisotopic (exact) mass is 1060 g/mol. The summed E-state index contributed by atoms with van der Waals surface area (Å²) in [5.41, 5.74) is 0. The molecule has 2 rings (SSSR count). The van der Waals surface area contributed by atoms with Crippen molar-refractivity contribution in [3.8, 4) is 0 Å². The maximum Gasteiger partial charge on any atom is 0.306 e. The number of aliphatic hydroxyl groups is 7. The molecule has 0 bridgehead atoms. The smallest absolute Gasteiger partial charge is 0.306 e. The van der Waals surface area contributed by atoms with E-state index in [4.69, 9.17) is 28.4 Å². The Morgan fingerprint density at radius 1 is 0.440 bits per heavy atom. The first-order valence-electron chi connectivity index (χ1n) is 29.9. The van der Waals surface area contributed by atoms with Gasteiger partial charge in [0.05, 0.1) is 26.4 Å². The van der Waals surface area contributed by atoms with Crippen LogP contribution in [0.5, 0.6) is 0 Å². The molecule has 0 saturated carbocycles. The highest BCUT2D eigenvalue weighted by molar-refractivity contribution is 5.69. The number of aliphatic hydroxyl groups excluding tert-OH is 7. The Labute approximate surface area is 454 Å². The average Bonchev–Trinajstić information content (AvgIpc) is 3.41. The van der Waals surface area contributed by atoms with Crippen molar-refractivity contribution in [3.63, 3.8) is 0 Å². The van der Waals surface area contributed by atoms with Gasteiger partial charge in [-0.3, -0.25) is 4.79 Å². The quantitative estimate of drug-likeness (QED) is 0.0172. The summed E-state index contributed by atoms with van der Waals surface area (Å²) < 4.78 is 34.4. The van der Waals surface area contributed by atoms with Crippen LogP contribution in [0.3, 0.4) is 0 Å². The Kier molecular flexibility index (Phi) is 43.7. The van der Waals surface area contributed by atoms with Crippen molar-refractivity contribution in [2.75, 3.05) is 33.0 Å². The number of hydrogen-bond acceptors (Lipinski definition) is 14. The molecule has 0 spiro atoms. The molecule has 436 valence electrons. The molecule has 0 aromatic rings. The predicted octanol–water partition coefficient (Wildman–Crippen LogP) is 10.9. The van der Waals surface area contributed by atoms with Gasteiger partial charge in [0.2, 0.25) is 0 Å². The Morgan fingerprint density at radius 2 is 0.827 bits per heavy atom. The summed E-state index contributed by atoms with van der Waals surface area (Å²) >= 11 is 0. The van der Waals surface area contributed by atoms with Crippen LogP contribution >= 0.6 is 0 Å². The predicted molar refractivity (Wildman–Crippen MR) is 298 cm³/mol. The van der Waals surface area contributed by atoms with Gasteiger partial charge >= 0.3 is 5.97 Å². The number of unbranched alkanes of at least 4 members (excludes halogenated alkanes) is 24. The normalized spacial score (nSPS) is 25.0. The third kappa shape index (κ3) is 34.3. The molecule has 0 amide bonds. The van der Waals surface area contributed by atoms with Crippen LogP contribution in [0.4, 0.5) is 0 Å². The second-order valence-corrected chi connectivity index (χ2v) is 20.8. The molecule has 0 aromatic heterocycles. The molecule has 11 atom stereocenters. The van der Waals surface area contributed by atoms with Crippen molar-refractivity contribution >= 4 is 5.97 Å². The van der Waals surface area contributed by atoms with E-state index in [9.17, 15) is 40.5 Å². The number of allylic oxidation sites excluding steroid dienone is 10. The molecule has 2 saturated heterocycles. The van der Waals surface area contributed by atoms with Crippen LogP contribution in [0.15, 0.2) is 60.8 Å². The molecule has 11 unspecified atom stereocenters. The summed E-state index contributed by atoms with van der Waals surface area (Å²) in [7, 11) is 0. The molecule has 7 N–H and O–H groups in total. The maximum absolute atomic E-state index is 13.1. The Hall–Kier alpha value is -2.31. The number of ether oxygens (including phenoxy) is 6. The number of esters is 1. The lowest BCUT2D eigenvalue weighted by Crippen LogP contribution is -2.61. The number of rotatable bonds is 48. The minimum atomic E-state index is -1.71. The lowest BCUT2D eigenvalue weighted by atomic mass is 9.98. The highest BCUT2D eigenvalue weighted by Crippen LogP contribution is 2.27. The van der Waals surface area contributed by atoms with Gasteiger partial charge in [-0.05, 0) is 83.5 Å². The van der Waals surface area contributed by atoms with E-state index >= 15 is 0 Å². The second kappa shape index (κ2) is 47.7. The Morgan fingerprint density at radius 3 is 1.32 bits per heavy atom. The van der Waals surface area contributed by atoms with Crippen molar-refractivity contribution < 1.29 is 69.0 Å². The van der Waals surface area contributed by atoms with Gasteiger partial charge in [0, 0.05) is 13.0 Å². The molecule has 2 fully saturated rings. The molecule has 2 aliphatic rings. The van der Waals surface area contributed by atoms with E-state index in [1.165, 1.54) is 122 Å². The van der Waals surface area contributed by atoms with Gasteiger partial charge in [0.25, 0.3) is 0 Å². The largest absolute Gasteiger partial charge is 0.457 e. The van der Waals surface area contributed by atoms with Crippen LogP contribution in [0, 0.1) is 0 Å². The summed E-state index contributed by atoms with van der Waals surface area (Å²) in [6.07, 6.45) is 42.7. The summed E-state index contributed by atoms with van der Waals surface area (Å²) in [5, 5.41) is 72.4. The molecule has 0 aromatic carbocycles. The van der Waals surface area contributed by atoms with Crippen molar-refractivity contribution in [1.82, 2.24) is 0 Å². The van der Waals surface area contributed by atoms with E-state index in [2.05, 4.69) is 74.6 Å². The highest BCUT2D eigenvalue weighted by atomic mass is 16.7. The van der Waals surface area contributed by atoms with E-state index in [0.29, 0.717) is 13.0 Å². The molecule has 14 heteroatoms. The van der Waals surface area contributed by atoms with Crippen LogP contribution < -0.4 is 0 Å². The van der Waals surface area contributed by atoms with Crippen molar-refractivity contribution in [1.29, 1.82) is 0 Å². The Bertz CT molecular complexity index is 1470. The van der Waals surface area contributed by atoms with Crippen molar-refractivity contribution in [3.05, 3.63) is 60.8 Å². The molecule has 0 aliphatic carbocycles. The molecular formula is C61H108O14. The zero-order chi connectivity index (χ0) is 54.4. The summed E-state index contributed by atoms with van der Waals surface area (Å²) in [5.74, 6) is -0.384. The van der Waals surface area contributed by atoms with Gasteiger partial charge in [0.1, 0.15) is 54.9 Å². The van der Waals surface area contributed by atoms with E-state index in [0.717, 1.165) is 70.6 Å². The summed E-state index contributed by atoms with van der Waals surface area (Å²) in [6, 6.07) is 0. The van der Waals surface area contributed by atoms with Crippen molar-refractivity contribution in [2.45, 2.75) is 287 Å². The fourth-order valence-electron chi connectivity index (χ4n) is 9.15.